The third-order valence-electron chi connectivity index (χ3n) is 2.59. The molecule has 5 nitrogen and oxygen atoms in total. The summed E-state index contributed by atoms with van der Waals surface area (Å²) in [5.41, 5.74) is 1.97. The van der Waals surface area contributed by atoms with Gasteiger partial charge < -0.3 is 10.1 Å². The number of ether oxygens (including phenoxy) is 1. The first kappa shape index (κ1) is 12.2. The maximum atomic E-state index is 12.0. The number of nitrogens with zero attached hydrogens (tertiary/aromatic N) is 2. The monoisotopic (exact) mass is 245 g/mol. The fourth-order valence-corrected chi connectivity index (χ4v) is 1.72. The Morgan fingerprint density at radius 1 is 1.44 bits per heavy atom. The third-order valence-corrected chi connectivity index (χ3v) is 2.59. The standard InChI is InChI=1S/C13H15N3O2/c1-9-12(8-16(2)15-9)13(17)14-10-5-4-6-11(7-10)18-3/h4-8H,1-3H3,(H,14,17). The first-order valence-corrected chi connectivity index (χ1v) is 5.56. The number of carbonyl (C=O) groups is 1. The Morgan fingerprint density at radius 3 is 2.83 bits per heavy atom. The van der Waals surface area contributed by atoms with Gasteiger partial charge in [0.1, 0.15) is 5.75 Å². The van der Waals surface area contributed by atoms with E-state index in [0.717, 1.165) is 0 Å². The Morgan fingerprint density at radius 2 is 2.22 bits per heavy atom. The summed E-state index contributed by atoms with van der Waals surface area (Å²) in [5.74, 6) is 0.532. The van der Waals surface area contributed by atoms with Gasteiger partial charge in [-0.1, -0.05) is 6.07 Å². The molecule has 18 heavy (non-hydrogen) atoms. The van der Waals surface area contributed by atoms with Crippen molar-refractivity contribution in [1.82, 2.24) is 9.78 Å². The van der Waals surface area contributed by atoms with Crippen molar-refractivity contribution in [2.75, 3.05) is 12.4 Å². The average Bonchev–Trinajstić information content (AvgIpc) is 2.69. The van der Waals surface area contributed by atoms with Crippen molar-refractivity contribution in [3.05, 3.63) is 41.7 Å². The molecule has 5 heteroatoms. The van der Waals surface area contributed by atoms with E-state index < -0.39 is 0 Å². The molecule has 1 aromatic heterocycles. The van der Waals surface area contributed by atoms with Crippen LogP contribution >= 0.6 is 0 Å². The number of hydrogen-bond acceptors (Lipinski definition) is 3. The number of methoxy groups -OCH3 is 1. The zero-order valence-corrected chi connectivity index (χ0v) is 10.6. The highest BCUT2D eigenvalue weighted by molar-refractivity contribution is 6.04. The molecule has 0 unspecified atom stereocenters. The summed E-state index contributed by atoms with van der Waals surface area (Å²) in [6, 6.07) is 7.23. The molecule has 0 aliphatic carbocycles. The maximum Gasteiger partial charge on any atom is 0.259 e. The van der Waals surface area contributed by atoms with E-state index in [1.807, 2.05) is 18.2 Å². The van der Waals surface area contributed by atoms with Crippen LogP contribution in [0.3, 0.4) is 0 Å². The molecule has 2 aromatic rings. The highest BCUT2D eigenvalue weighted by Gasteiger charge is 2.12. The summed E-state index contributed by atoms with van der Waals surface area (Å²) in [5, 5.41) is 6.95. The Labute approximate surface area is 105 Å². The average molecular weight is 245 g/mol. The second-order valence-electron chi connectivity index (χ2n) is 3.99. The predicted molar refractivity (Wildman–Crippen MR) is 68.9 cm³/mol. The molecule has 0 bridgehead atoms. The van der Waals surface area contributed by atoms with Crippen LogP contribution in [0.2, 0.25) is 0 Å². The zero-order chi connectivity index (χ0) is 13.1. The molecule has 1 heterocycles. The molecule has 0 spiro atoms. The number of benzene rings is 1. The van der Waals surface area contributed by atoms with Gasteiger partial charge in [-0.05, 0) is 19.1 Å². The van der Waals surface area contributed by atoms with Gasteiger partial charge in [0.25, 0.3) is 5.91 Å². The van der Waals surface area contributed by atoms with Crippen LogP contribution in [-0.4, -0.2) is 22.8 Å². The van der Waals surface area contributed by atoms with E-state index in [1.54, 1.807) is 38.0 Å². The largest absolute Gasteiger partial charge is 0.497 e. The smallest absolute Gasteiger partial charge is 0.259 e. The van der Waals surface area contributed by atoms with E-state index in [1.165, 1.54) is 0 Å². The van der Waals surface area contributed by atoms with Crippen LogP contribution in [0, 0.1) is 6.92 Å². The summed E-state index contributed by atoms with van der Waals surface area (Å²) < 4.78 is 6.72. The number of amides is 1. The van der Waals surface area contributed by atoms with Crippen LogP contribution in [0.5, 0.6) is 5.75 Å². The van der Waals surface area contributed by atoms with E-state index in [4.69, 9.17) is 4.74 Å². The van der Waals surface area contributed by atoms with Gasteiger partial charge in [0.05, 0.1) is 18.4 Å². The normalized spacial score (nSPS) is 10.2. The molecule has 1 amide bonds. The lowest BCUT2D eigenvalue weighted by Crippen LogP contribution is -2.12. The molecular formula is C13H15N3O2. The van der Waals surface area contributed by atoms with Crippen LogP contribution in [0.1, 0.15) is 16.1 Å². The Hall–Kier alpha value is -2.30. The number of anilines is 1. The van der Waals surface area contributed by atoms with Gasteiger partial charge in [0.15, 0.2) is 0 Å². The van der Waals surface area contributed by atoms with Gasteiger partial charge in [-0.25, -0.2) is 0 Å². The number of hydrogen-bond donors (Lipinski definition) is 1. The van der Waals surface area contributed by atoms with Gasteiger partial charge in [0.2, 0.25) is 0 Å². The van der Waals surface area contributed by atoms with Gasteiger partial charge in [0, 0.05) is 25.0 Å². The second kappa shape index (κ2) is 4.91. The number of rotatable bonds is 3. The van der Waals surface area contributed by atoms with Gasteiger partial charge in [-0.15, -0.1) is 0 Å². The highest BCUT2D eigenvalue weighted by atomic mass is 16.5. The molecule has 0 saturated carbocycles. The van der Waals surface area contributed by atoms with Crippen LogP contribution in [0.15, 0.2) is 30.5 Å². The number of aryl methyl sites for hydroxylation is 2. The van der Waals surface area contributed by atoms with E-state index >= 15 is 0 Å². The number of carbonyl (C=O) groups excluding carboxylic acids is 1. The quantitative estimate of drug-likeness (QED) is 0.899. The summed E-state index contributed by atoms with van der Waals surface area (Å²) in [6.45, 7) is 1.81. The van der Waals surface area contributed by atoms with Crippen molar-refractivity contribution < 1.29 is 9.53 Å². The molecular weight excluding hydrogens is 230 g/mol. The van der Waals surface area contributed by atoms with Gasteiger partial charge in [-0.3, -0.25) is 9.48 Å². The SMILES string of the molecule is COc1cccc(NC(=O)c2cn(C)nc2C)c1. The molecule has 0 atom stereocenters. The third kappa shape index (κ3) is 2.51. The molecule has 2 rings (SSSR count). The number of nitrogens with one attached hydrogen (secondary N) is 1. The number of aromatic nitrogens is 2. The minimum Gasteiger partial charge on any atom is -0.497 e. The van der Waals surface area contributed by atoms with Gasteiger partial charge >= 0.3 is 0 Å². The van der Waals surface area contributed by atoms with Crippen molar-refractivity contribution in [1.29, 1.82) is 0 Å². The topological polar surface area (TPSA) is 56.1 Å². The van der Waals surface area contributed by atoms with Crippen molar-refractivity contribution in [2.45, 2.75) is 6.92 Å². The molecule has 0 fully saturated rings. The van der Waals surface area contributed by atoms with Crippen LogP contribution < -0.4 is 10.1 Å². The Bertz CT molecular complexity index is 575. The molecule has 0 radical (unpaired) electrons. The van der Waals surface area contributed by atoms with Crippen molar-refractivity contribution in [3.63, 3.8) is 0 Å². The van der Waals surface area contributed by atoms with E-state index in [0.29, 0.717) is 22.7 Å². The van der Waals surface area contributed by atoms with E-state index in [-0.39, 0.29) is 5.91 Å². The summed E-state index contributed by atoms with van der Waals surface area (Å²) in [7, 11) is 3.38. The summed E-state index contributed by atoms with van der Waals surface area (Å²) >= 11 is 0. The fraction of sp³-hybridized carbons (Fsp3) is 0.231. The maximum absolute atomic E-state index is 12.0. The van der Waals surface area contributed by atoms with E-state index in [2.05, 4.69) is 10.4 Å². The Kier molecular flexibility index (Phi) is 3.32. The lowest BCUT2D eigenvalue weighted by Gasteiger charge is -2.06. The van der Waals surface area contributed by atoms with Crippen LogP contribution in [0.4, 0.5) is 5.69 Å². The lowest BCUT2D eigenvalue weighted by molar-refractivity contribution is 0.102. The zero-order valence-electron chi connectivity index (χ0n) is 10.6. The van der Waals surface area contributed by atoms with Crippen LogP contribution in [0.25, 0.3) is 0 Å². The first-order valence-electron chi connectivity index (χ1n) is 5.56. The summed E-state index contributed by atoms with van der Waals surface area (Å²) in [4.78, 5) is 12.0. The van der Waals surface area contributed by atoms with E-state index in [9.17, 15) is 4.79 Å². The van der Waals surface area contributed by atoms with Crippen molar-refractivity contribution in [3.8, 4) is 5.75 Å². The molecule has 0 aliphatic rings. The molecule has 0 aliphatic heterocycles. The predicted octanol–water partition coefficient (Wildman–Crippen LogP) is 1.99. The minimum absolute atomic E-state index is 0.172. The molecule has 0 saturated heterocycles. The molecule has 1 aromatic carbocycles. The fourth-order valence-electron chi connectivity index (χ4n) is 1.72. The first-order chi connectivity index (χ1) is 8.60. The summed E-state index contributed by atoms with van der Waals surface area (Å²) in [6.07, 6.45) is 1.70. The minimum atomic E-state index is -0.172. The molecule has 94 valence electrons. The lowest BCUT2D eigenvalue weighted by atomic mass is 10.2. The van der Waals surface area contributed by atoms with Gasteiger partial charge in [-0.2, -0.15) is 5.10 Å². The molecule has 1 N–H and O–H groups in total. The Balaban J connectivity index is 2.18. The van der Waals surface area contributed by atoms with Crippen LogP contribution in [-0.2, 0) is 7.05 Å². The van der Waals surface area contributed by atoms with Crippen molar-refractivity contribution >= 4 is 11.6 Å². The highest BCUT2D eigenvalue weighted by Crippen LogP contribution is 2.18. The van der Waals surface area contributed by atoms with Crippen molar-refractivity contribution in [2.24, 2.45) is 7.05 Å². The second-order valence-corrected chi connectivity index (χ2v) is 3.99.